The Labute approximate surface area is 114 Å². The molecule has 0 spiro atoms. The summed E-state index contributed by atoms with van der Waals surface area (Å²) in [5, 5.41) is 32.7. The topological polar surface area (TPSA) is 128 Å². The first-order valence-electron chi connectivity index (χ1n) is 6.05. The van der Waals surface area contributed by atoms with Gasteiger partial charge in [0.15, 0.2) is 0 Å². The largest absolute Gasteiger partial charge is 0.462 e. The third-order valence-corrected chi connectivity index (χ3v) is 2.99. The van der Waals surface area contributed by atoms with Gasteiger partial charge < -0.3 is 24.8 Å². The standard InChI is InChI=1S/C12H15N3O5/c13-15-14-6-8-9(16)10(17)11(18)12(20-8)19-7-4-2-1-3-5-7/h1-5,8-12,16-18H,6H2/t8-,9-,10+,11-,12-/m1/s1. The average Bonchev–Trinajstić information content (AvgIpc) is 2.48. The zero-order chi connectivity index (χ0) is 14.5. The van der Waals surface area contributed by atoms with Gasteiger partial charge in [0.05, 0.1) is 12.6 Å². The number of ether oxygens (including phenoxy) is 2. The van der Waals surface area contributed by atoms with Gasteiger partial charge in [0.2, 0.25) is 6.29 Å². The highest BCUT2D eigenvalue weighted by atomic mass is 16.7. The van der Waals surface area contributed by atoms with E-state index in [-0.39, 0.29) is 6.54 Å². The molecule has 8 nitrogen and oxygen atoms in total. The first-order chi connectivity index (χ1) is 9.63. The lowest BCUT2D eigenvalue weighted by Crippen LogP contribution is -2.59. The molecule has 0 radical (unpaired) electrons. The number of para-hydroxylation sites is 1. The molecule has 0 bridgehead atoms. The second kappa shape index (κ2) is 6.56. The van der Waals surface area contributed by atoms with Crippen LogP contribution in [0.2, 0.25) is 0 Å². The second-order valence-corrected chi connectivity index (χ2v) is 4.36. The van der Waals surface area contributed by atoms with E-state index in [0.717, 1.165) is 0 Å². The summed E-state index contributed by atoms with van der Waals surface area (Å²) in [4.78, 5) is 2.57. The smallest absolute Gasteiger partial charge is 0.229 e. The van der Waals surface area contributed by atoms with E-state index in [1.165, 1.54) is 0 Å². The third kappa shape index (κ3) is 3.19. The first kappa shape index (κ1) is 14.6. The van der Waals surface area contributed by atoms with Crippen molar-refractivity contribution in [1.82, 2.24) is 0 Å². The van der Waals surface area contributed by atoms with Crippen LogP contribution in [0.15, 0.2) is 35.4 Å². The lowest BCUT2D eigenvalue weighted by molar-refractivity contribution is -0.269. The maximum atomic E-state index is 9.85. The maximum Gasteiger partial charge on any atom is 0.229 e. The molecule has 1 aliphatic rings. The molecule has 20 heavy (non-hydrogen) atoms. The highest BCUT2D eigenvalue weighted by Crippen LogP contribution is 2.24. The van der Waals surface area contributed by atoms with Gasteiger partial charge in [0.1, 0.15) is 24.1 Å². The predicted molar refractivity (Wildman–Crippen MR) is 67.8 cm³/mol. The van der Waals surface area contributed by atoms with Crippen molar-refractivity contribution in [2.24, 2.45) is 5.11 Å². The number of azide groups is 1. The fourth-order valence-corrected chi connectivity index (χ4v) is 1.91. The van der Waals surface area contributed by atoms with E-state index in [4.69, 9.17) is 15.0 Å². The van der Waals surface area contributed by atoms with Crippen LogP contribution in [0.5, 0.6) is 5.75 Å². The number of benzene rings is 1. The Hall–Kier alpha value is -1.83. The summed E-state index contributed by atoms with van der Waals surface area (Å²) in [7, 11) is 0. The van der Waals surface area contributed by atoms with Gasteiger partial charge in [-0.15, -0.1) is 0 Å². The van der Waals surface area contributed by atoms with Crippen LogP contribution in [0.1, 0.15) is 0 Å². The van der Waals surface area contributed by atoms with Gasteiger partial charge in [-0.3, -0.25) is 0 Å². The van der Waals surface area contributed by atoms with Crippen molar-refractivity contribution < 1.29 is 24.8 Å². The predicted octanol–water partition coefficient (Wildman–Crippen LogP) is 0.183. The third-order valence-electron chi connectivity index (χ3n) is 2.99. The van der Waals surface area contributed by atoms with Crippen LogP contribution >= 0.6 is 0 Å². The molecule has 3 N–H and O–H groups in total. The molecular weight excluding hydrogens is 266 g/mol. The first-order valence-corrected chi connectivity index (χ1v) is 6.05. The van der Waals surface area contributed by atoms with E-state index in [9.17, 15) is 15.3 Å². The number of aliphatic hydroxyl groups is 3. The highest BCUT2D eigenvalue weighted by Gasteiger charge is 2.44. The summed E-state index contributed by atoms with van der Waals surface area (Å²) in [6, 6.07) is 8.61. The van der Waals surface area contributed by atoms with Gasteiger partial charge in [-0.2, -0.15) is 0 Å². The van der Waals surface area contributed by atoms with Crippen molar-refractivity contribution in [2.45, 2.75) is 30.7 Å². The van der Waals surface area contributed by atoms with Gasteiger partial charge in [-0.05, 0) is 17.7 Å². The second-order valence-electron chi connectivity index (χ2n) is 4.36. The molecule has 0 amide bonds. The Morgan fingerprint density at radius 1 is 1.15 bits per heavy atom. The SMILES string of the molecule is [N-]=[N+]=NC[C@H]1O[C@@H](Oc2ccccc2)[C@H](O)[C@@H](O)[C@@H]1O. The fourth-order valence-electron chi connectivity index (χ4n) is 1.91. The molecular formula is C12H15N3O5. The molecule has 0 aromatic heterocycles. The quantitative estimate of drug-likeness (QED) is 0.412. The van der Waals surface area contributed by atoms with E-state index in [2.05, 4.69) is 10.0 Å². The summed E-state index contributed by atoms with van der Waals surface area (Å²) in [5.41, 5.74) is 8.28. The van der Waals surface area contributed by atoms with E-state index < -0.39 is 30.7 Å². The summed E-state index contributed by atoms with van der Waals surface area (Å²) in [5.74, 6) is 0.447. The van der Waals surface area contributed by atoms with Crippen molar-refractivity contribution in [3.8, 4) is 5.75 Å². The lowest BCUT2D eigenvalue weighted by Gasteiger charge is -2.39. The molecule has 1 fully saturated rings. The van der Waals surface area contributed by atoms with Crippen LogP contribution in [0.3, 0.4) is 0 Å². The van der Waals surface area contributed by atoms with Crippen molar-refractivity contribution in [2.75, 3.05) is 6.54 Å². The Bertz CT molecular complexity index is 479. The minimum absolute atomic E-state index is 0.171. The minimum atomic E-state index is -1.45. The summed E-state index contributed by atoms with van der Waals surface area (Å²) >= 11 is 0. The van der Waals surface area contributed by atoms with Crippen LogP contribution in [-0.2, 0) is 4.74 Å². The molecule has 1 aliphatic heterocycles. The van der Waals surface area contributed by atoms with Crippen molar-refractivity contribution in [3.05, 3.63) is 40.8 Å². The number of rotatable bonds is 4. The van der Waals surface area contributed by atoms with Crippen LogP contribution in [0.25, 0.3) is 10.4 Å². The molecule has 2 rings (SSSR count). The molecule has 8 heteroatoms. The number of aliphatic hydroxyl groups excluding tert-OH is 3. The molecule has 1 aromatic rings. The molecule has 1 aromatic carbocycles. The summed E-state index contributed by atoms with van der Waals surface area (Å²) < 4.78 is 10.8. The van der Waals surface area contributed by atoms with Crippen molar-refractivity contribution in [3.63, 3.8) is 0 Å². The molecule has 0 aliphatic carbocycles. The molecule has 1 saturated heterocycles. The lowest BCUT2D eigenvalue weighted by atomic mass is 9.99. The fraction of sp³-hybridized carbons (Fsp3) is 0.500. The van der Waals surface area contributed by atoms with Gasteiger partial charge in [0, 0.05) is 4.91 Å². The number of hydrogen-bond acceptors (Lipinski definition) is 6. The molecule has 0 unspecified atom stereocenters. The highest BCUT2D eigenvalue weighted by molar-refractivity contribution is 5.21. The van der Waals surface area contributed by atoms with E-state index in [0.29, 0.717) is 5.75 Å². The minimum Gasteiger partial charge on any atom is -0.462 e. The van der Waals surface area contributed by atoms with Crippen LogP contribution in [-0.4, -0.2) is 52.6 Å². The molecule has 108 valence electrons. The summed E-state index contributed by atoms with van der Waals surface area (Å²) in [6.45, 7) is -0.171. The van der Waals surface area contributed by atoms with Gasteiger partial charge in [-0.1, -0.05) is 23.3 Å². The Kier molecular flexibility index (Phi) is 4.78. The molecule has 1 heterocycles. The van der Waals surface area contributed by atoms with Crippen LogP contribution < -0.4 is 4.74 Å². The Balaban J connectivity index is 2.09. The van der Waals surface area contributed by atoms with E-state index >= 15 is 0 Å². The number of nitrogens with zero attached hydrogens (tertiary/aromatic N) is 3. The van der Waals surface area contributed by atoms with Gasteiger partial charge in [-0.25, -0.2) is 0 Å². The summed E-state index contributed by atoms with van der Waals surface area (Å²) in [6.07, 6.45) is -6.32. The van der Waals surface area contributed by atoms with Crippen LogP contribution in [0, 0.1) is 0 Å². The van der Waals surface area contributed by atoms with E-state index in [1.807, 2.05) is 0 Å². The zero-order valence-electron chi connectivity index (χ0n) is 10.5. The normalized spacial score (nSPS) is 33.2. The van der Waals surface area contributed by atoms with Crippen molar-refractivity contribution >= 4 is 0 Å². The number of hydrogen-bond donors (Lipinski definition) is 3. The van der Waals surface area contributed by atoms with Gasteiger partial charge in [0.25, 0.3) is 0 Å². The van der Waals surface area contributed by atoms with Crippen LogP contribution in [0.4, 0.5) is 0 Å². The monoisotopic (exact) mass is 281 g/mol. The van der Waals surface area contributed by atoms with Gasteiger partial charge >= 0.3 is 0 Å². The maximum absolute atomic E-state index is 9.85. The Morgan fingerprint density at radius 3 is 2.50 bits per heavy atom. The molecule has 0 saturated carbocycles. The molecule has 5 atom stereocenters. The van der Waals surface area contributed by atoms with Crippen molar-refractivity contribution in [1.29, 1.82) is 0 Å². The Morgan fingerprint density at radius 2 is 1.85 bits per heavy atom. The van der Waals surface area contributed by atoms with E-state index in [1.54, 1.807) is 30.3 Å². The zero-order valence-corrected chi connectivity index (χ0v) is 10.5. The average molecular weight is 281 g/mol.